The fourth-order valence-corrected chi connectivity index (χ4v) is 4.48. The lowest BCUT2D eigenvalue weighted by Gasteiger charge is -2.40. The molecule has 1 fully saturated rings. The molecule has 0 aliphatic carbocycles. The molecule has 0 amide bonds. The molecular formula is C25H30N6O3. The third kappa shape index (κ3) is 5.32. The largest absolute Gasteiger partial charge is 0.383 e. The standard InChI is InChI=1S/C25H30N6O3/c1-19(17-34-2)28-24-23(31(32)33)25(27-18-26-24)30-15-13-29(14-16-30)22(20-9-5-3-6-10-20)21-11-7-4-8-12-21/h3-12,18-19,22H,13-17H2,1-2H3,(H,26,27,28). The number of nitro groups is 1. The summed E-state index contributed by atoms with van der Waals surface area (Å²) in [7, 11) is 1.59. The first-order valence-electron chi connectivity index (χ1n) is 11.4. The van der Waals surface area contributed by atoms with E-state index in [0.29, 0.717) is 25.5 Å². The fourth-order valence-electron chi connectivity index (χ4n) is 4.48. The van der Waals surface area contributed by atoms with Crippen LogP contribution in [0.2, 0.25) is 0 Å². The summed E-state index contributed by atoms with van der Waals surface area (Å²) in [5, 5.41) is 15.1. The van der Waals surface area contributed by atoms with Crippen LogP contribution < -0.4 is 10.2 Å². The van der Waals surface area contributed by atoms with Crippen LogP contribution in [0.5, 0.6) is 0 Å². The smallest absolute Gasteiger partial charge is 0.353 e. The SMILES string of the molecule is COCC(C)Nc1ncnc(N2CCN(C(c3ccccc3)c3ccccc3)CC2)c1[N+](=O)[O-]. The second kappa shape index (κ2) is 11.0. The van der Waals surface area contributed by atoms with Crippen LogP contribution in [0.25, 0.3) is 0 Å². The number of rotatable bonds is 9. The second-order valence-electron chi connectivity index (χ2n) is 8.40. The quantitative estimate of drug-likeness (QED) is 0.379. The Hall–Kier alpha value is -3.56. The molecule has 4 rings (SSSR count). The molecule has 2 heterocycles. The summed E-state index contributed by atoms with van der Waals surface area (Å²) in [5.74, 6) is 0.566. The number of hydrogen-bond acceptors (Lipinski definition) is 8. The van der Waals surface area contributed by atoms with Crippen LogP contribution in [-0.4, -0.2) is 65.7 Å². The average molecular weight is 463 g/mol. The van der Waals surface area contributed by atoms with Gasteiger partial charge in [-0.3, -0.25) is 15.0 Å². The highest BCUT2D eigenvalue weighted by Gasteiger charge is 2.32. The first-order chi connectivity index (χ1) is 16.6. The summed E-state index contributed by atoms with van der Waals surface area (Å²) < 4.78 is 5.14. The molecule has 2 aromatic carbocycles. The van der Waals surface area contributed by atoms with Crippen molar-refractivity contribution in [2.45, 2.75) is 19.0 Å². The maximum absolute atomic E-state index is 12.0. The molecule has 0 spiro atoms. The molecule has 1 saturated heterocycles. The molecule has 0 radical (unpaired) electrons. The van der Waals surface area contributed by atoms with E-state index in [2.05, 4.69) is 68.7 Å². The minimum atomic E-state index is -0.402. The van der Waals surface area contributed by atoms with Gasteiger partial charge in [0.15, 0.2) is 0 Å². The molecule has 9 heteroatoms. The van der Waals surface area contributed by atoms with Crippen molar-refractivity contribution in [3.63, 3.8) is 0 Å². The number of piperazine rings is 1. The van der Waals surface area contributed by atoms with Crippen molar-refractivity contribution < 1.29 is 9.66 Å². The van der Waals surface area contributed by atoms with Gasteiger partial charge in [-0.15, -0.1) is 0 Å². The Morgan fingerprint density at radius 2 is 1.59 bits per heavy atom. The Morgan fingerprint density at radius 3 is 2.12 bits per heavy atom. The Labute approximate surface area is 199 Å². The van der Waals surface area contributed by atoms with Crippen molar-refractivity contribution in [1.82, 2.24) is 14.9 Å². The molecule has 0 bridgehead atoms. The van der Waals surface area contributed by atoms with E-state index in [9.17, 15) is 10.1 Å². The van der Waals surface area contributed by atoms with Gasteiger partial charge in [-0.1, -0.05) is 60.7 Å². The Balaban J connectivity index is 1.56. The number of methoxy groups -OCH3 is 1. The van der Waals surface area contributed by atoms with Gasteiger partial charge in [0.05, 0.1) is 17.6 Å². The molecule has 1 aliphatic heterocycles. The van der Waals surface area contributed by atoms with Gasteiger partial charge in [0.2, 0.25) is 11.6 Å². The number of nitrogens with zero attached hydrogens (tertiary/aromatic N) is 5. The summed E-state index contributed by atoms with van der Waals surface area (Å²) in [6.45, 7) is 5.05. The second-order valence-corrected chi connectivity index (χ2v) is 8.40. The van der Waals surface area contributed by atoms with Crippen molar-refractivity contribution in [3.05, 3.63) is 88.2 Å². The zero-order chi connectivity index (χ0) is 23.9. The average Bonchev–Trinajstić information content (AvgIpc) is 2.86. The number of ether oxygens (including phenoxy) is 1. The molecule has 9 nitrogen and oxygen atoms in total. The number of anilines is 2. The monoisotopic (exact) mass is 462 g/mol. The molecule has 3 aromatic rings. The summed E-state index contributed by atoms with van der Waals surface area (Å²) in [6, 6.07) is 20.9. The summed E-state index contributed by atoms with van der Waals surface area (Å²) in [6.07, 6.45) is 1.38. The zero-order valence-electron chi connectivity index (χ0n) is 19.5. The topological polar surface area (TPSA) is 96.7 Å². The minimum absolute atomic E-state index is 0.0958. The molecule has 1 unspecified atom stereocenters. The van der Waals surface area contributed by atoms with E-state index in [4.69, 9.17) is 4.74 Å². The fraction of sp³-hybridized carbons (Fsp3) is 0.360. The first kappa shape index (κ1) is 23.6. The van der Waals surface area contributed by atoms with Crippen molar-refractivity contribution >= 4 is 17.3 Å². The van der Waals surface area contributed by atoms with Gasteiger partial charge in [0, 0.05) is 39.3 Å². The third-order valence-corrected chi connectivity index (χ3v) is 5.99. The van der Waals surface area contributed by atoms with E-state index < -0.39 is 4.92 Å². The van der Waals surface area contributed by atoms with Gasteiger partial charge in [-0.2, -0.15) is 0 Å². The van der Waals surface area contributed by atoms with Gasteiger partial charge < -0.3 is 15.0 Å². The van der Waals surface area contributed by atoms with E-state index >= 15 is 0 Å². The lowest BCUT2D eigenvalue weighted by atomic mass is 9.96. The van der Waals surface area contributed by atoms with Crippen molar-refractivity contribution in [1.29, 1.82) is 0 Å². The van der Waals surface area contributed by atoms with E-state index in [-0.39, 0.29) is 23.6 Å². The van der Waals surface area contributed by atoms with Crippen LogP contribution in [-0.2, 0) is 4.74 Å². The first-order valence-corrected chi connectivity index (χ1v) is 11.4. The highest BCUT2D eigenvalue weighted by Crippen LogP contribution is 2.34. The molecule has 1 aliphatic rings. The van der Waals surface area contributed by atoms with Crippen LogP contribution in [0, 0.1) is 10.1 Å². The molecule has 1 aromatic heterocycles. The molecule has 34 heavy (non-hydrogen) atoms. The normalized spacial score (nSPS) is 15.3. The lowest BCUT2D eigenvalue weighted by Crippen LogP contribution is -2.48. The molecule has 1 N–H and O–H groups in total. The van der Waals surface area contributed by atoms with Crippen molar-refractivity contribution in [2.75, 3.05) is 50.1 Å². The van der Waals surface area contributed by atoms with Crippen molar-refractivity contribution in [3.8, 4) is 0 Å². The highest BCUT2D eigenvalue weighted by molar-refractivity contribution is 5.70. The molecule has 178 valence electrons. The van der Waals surface area contributed by atoms with Gasteiger partial charge in [-0.25, -0.2) is 9.97 Å². The number of hydrogen-bond donors (Lipinski definition) is 1. The minimum Gasteiger partial charge on any atom is -0.383 e. The molecule has 0 saturated carbocycles. The van der Waals surface area contributed by atoms with Crippen LogP contribution in [0.15, 0.2) is 67.0 Å². The van der Waals surface area contributed by atoms with E-state index in [1.54, 1.807) is 7.11 Å². The van der Waals surface area contributed by atoms with Crippen molar-refractivity contribution in [2.24, 2.45) is 0 Å². The number of nitrogens with one attached hydrogen (secondary N) is 1. The van der Waals surface area contributed by atoms with Crippen LogP contribution >= 0.6 is 0 Å². The molecule has 1 atom stereocenters. The predicted octanol–water partition coefficient (Wildman–Crippen LogP) is 3.74. The van der Waals surface area contributed by atoms with E-state index in [1.165, 1.54) is 17.5 Å². The molecular weight excluding hydrogens is 432 g/mol. The predicted molar refractivity (Wildman–Crippen MR) is 132 cm³/mol. The zero-order valence-corrected chi connectivity index (χ0v) is 19.5. The maximum atomic E-state index is 12.0. The maximum Gasteiger partial charge on any atom is 0.353 e. The van der Waals surface area contributed by atoms with Crippen LogP contribution in [0.3, 0.4) is 0 Å². The van der Waals surface area contributed by atoms with Crippen LogP contribution in [0.1, 0.15) is 24.1 Å². The summed E-state index contributed by atoms with van der Waals surface area (Å²) in [4.78, 5) is 24.4. The summed E-state index contributed by atoms with van der Waals surface area (Å²) >= 11 is 0. The summed E-state index contributed by atoms with van der Waals surface area (Å²) in [5.41, 5.74) is 2.36. The Morgan fingerprint density at radius 1 is 1.00 bits per heavy atom. The van der Waals surface area contributed by atoms with Gasteiger partial charge >= 0.3 is 5.69 Å². The Bertz CT molecular complexity index is 1040. The number of benzene rings is 2. The number of aromatic nitrogens is 2. The van der Waals surface area contributed by atoms with E-state index in [0.717, 1.165) is 13.1 Å². The van der Waals surface area contributed by atoms with Gasteiger partial charge in [-0.05, 0) is 18.1 Å². The van der Waals surface area contributed by atoms with Gasteiger partial charge in [0.1, 0.15) is 6.33 Å². The van der Waals surface area contributed by atoms with Crippen LogP contribution in [0.4, 0.5) is 17.3 Å². The highest BCUT2D eigenvalue weighted by atomic mass is 16.6. The lowest BCUT2D eigenvalue weighted by molar-refractivity contribution is -0.383. The third-order valence-electron chi connectivity index (χ3n) is 5.99. The Kier molecular flexibility index (Phi) is 7.66. The van der Waals surface area contributed by atoms with Gasteiger partial charge in [0.25, 0.3) is 0 Å². The van der Waals surface area contributed by atoms with E-state index in [1.807, 2.05) is 24.0 Å².